The quantitative estimate of drug-likeness (QED) is 0.307. The standard InChI is InChI=1S/C32H38N4O5/c1-32(2,3)28-21-29(36(34-28)22-8-7-9-23(20-22)39-4)33-31(38)30(37)26-12-13-27(25-11-6-5-10-24(25)26)41-19-16-35-14-17-40-18-15-35/h5-13,20-21,30,37H,14-19H2,1-4H3,(H,33,38). The van der Waals surface area contributed by atoms with Gasteiger partial charge in [-0.25, -0.2) is 4.68 Å². The summed E-state index contributed by atoms with van der Waals surface area (Å²) in [7, 11) is 1.60. The number of hydrogen-bond donors (Lipinski definition) is 2. The van der Waals surface area contributed by atoms with E-state index in [-0.39, 0.29) is 5.41 Å². The predicted octanol–water partition coefficient (Wildman–Crippen LogP) is 4.71. The second kappa shape index (κ2) is 12.3. The average molecular weight is 559 g/mol. The topological polar surface area (TPSA) is 98.1 Å². The molecule has 0 saturated carbocycles. The zero-order chi connectivity index (χ0) is 29.0. The van der Waals surface area contributed by atoms with E-state index in [4.69, 9.17) is 19.3 Å². The molecule has 1 atom stereocenters. The second-order valence-electron chi connectivity index (χ2n) is 11.2. The van der Waals surface area contributed by atoms with Gasteiger partial charge in [-0.2, -0.15) is 5.10 Å². The van der Waals surface area contributed by atoms with Crippen LogP contribution in [0.3, 0.4) is 0 Å². The molecule has 1 aromatic heterocycles. The van der Waals surface area contributed by atoms with E-state index in [1.807, 2.05) is 60.7 Å². The molecule has 0 aliphatic carbocycles. The summed E-state index contributed by atoms with van der Waals surface area (Å²) in [6.45, 7) is 10.8. The van der Waals surface area contributed by atoms with Crippen molar-refractivity contribution in [2.75, 3.05) is 51.9 Å². The van der Waals surface area contributed by atoms with Gasteiger partial charge in [0.25, 0.3) is 5.91 Å². The molecule has 1 unspecified atom stereocenters. The van der Waals surface area contributed by atoms with Crippen molar-refractivity contribution in [3.05, 3.63) is 78.0 Å². The van der Waals surface area contributed by atoms with Gasteiger partial charge in [-0.15, -0.1) is 0 Å². The summed E-state index contributed by atoms with van der Waals surface area (Å²) in [6.07, 6.45) is -1.41. The van der Waals surface area contributed by atoms with E-state index in [9.17, 15) is 9.90 Å². The Bertz CT molecular complexity index is 1500. The fraction of sp³-hybridized carbons (Fsp3) is 0.375. The highest BCUT2D eigenvalue weighted by Crippen LogP contribution is 2.33. The number of anilines is 1. The molecule has 0 bridgehead atoms. The van der Waals surface area contributed by atoms with Gasteiger partial charge in [0.2, 0.25) is 0 Å². The van der Waals surface area contributed by atoms with Crippen LogP contribution in [-0.2, 0) is 14.9 Å². The highest BCUT2D eigenvalue weighted by atomic mass is 16.5. The van der Waals surface area contributed by atoms with Crippen LogP contribution in [0, 0.1) is 0 Å². The van der Waals surface area contributed by atoms with Crippen LogP contribution in [0.4, 0.5) is 5.82 Å². The molecule has 5 rings (SSSR count). The van der Waals surface area contributed by atoms with Gasteiger partial charge in [0.1, 0.15) is 23.9 Å². The Morgan fingerprint density at radius 3 is 2.54 bits per heavy atom. The predicted molar refractivity (Wildman–Crippen MR) is 159 cm³/mol. The number of ether oxygens (including phenoxy) is 3. The lowest BCUT2D eigenvalue weighted by atomic mass is 9.92. The summed E-state index contributed by atoms with van der Waals surface area (Å²) in [4.78, 5) is 15.8. The lowest BCUT2D eigenvalue weighted by molar-refractivity contribution is -0.124. The van der Waals surface area contributed by atoms with Gasteiger partial charge in [-0.05, 0) is 29.1 Å². The molecule has 1 fully saturated rings. The first kappa shape index (κ1) is 28.6. The smallest absolute Gasteiger partial charge is 0.259 e. The molecule has 1 aliphatic heterocycles. The Balaban J connectivity index is 1.38. The summed E-state index contributed by atoms with van der Waals surface area (Å²) >= 11 is 0. The van der Waals surface area contributed by atoms with Crippen LogP contribution in [-0.4, -0.2) is 72.3 Å². The second-order valence-corrected chi connectivity index (χ2v) is 11.2. The number of benzene rings is 3. The lowest BCUT2D eigenvalue weighted by Gasteiger charge is -2.26. The first-order valence-corrected chi connectivity index (χ1v) is 13.9. The molecular formula is C32H38N4O5. The van der Waals surface area contributed by atoms with E-state index in [2.05, 4.69) is 31.0 Å². The first-order chi connectivity index (χ1) is 19.7. The van der Waals surface area contributed by atoms with Crippen molar-refractivity contribution >= 4 is 22.5 Å². The lowest BCUT2D eigenvalue weighted by Crippen LogP contribution is -2.38. The number of aliphatic hydroxyl groups is 1. The highest BCUT2D eigenvalue weighted by molar-refractivity contribution is 5.99. The molecule has 1 aliphatic rings. The van der Waals surface area contributed by atoms with Crippen molar-refractivity contribution < 1.29 is 24.1 Å². The Morgan fingerprint density at radius 1 is 1.05 bits per heavy atom. The normalized spacial score (nSPS) is 15.0. The third-order valence-electron chi connectivity index (χ3n) is 7.26. The van der Waals surface area contributed by atoms with Crippen LogP contribution in [0.1, 0.15) is 38.1 Å². The molecule has 1 saturated heterocycles. The number of aliphatic hydroxyl groups excluding tert-OH is 1. The number of hydrogen-bond acceptors (Lipinski definition) is 7. The van der Waals surface area contributed by atoms with Gasteiger partial charge in [0, 0.05) is 42.6 Å². The summed E-state index contributed by atoms with van der Waals surface area (Å²) in [5, 5.41) is 20.6. The molecule has 216 valence electrons. The number of morpholine rings is 1. The average Bonchev–Trinajstić information content (AvgIpc) is 3.42. The van der Waals surface area contributed by atoms with Gasteiger partial charge >= 0.3 is 0 Å². The molecule has 41 heavy (non-hydrogen) atoms. The molecule has 0 radical (unpaired) electrons. The van der Waals surface area contributed by atoms with Crippen LogP contribution in [0.5, 0.6) is 11.5 Å². The van der Waals surface area contributed by atoms with E-state index >= 15 is 0 Å². The van der Waals surface area contributed by atoms with Crippen molar-refractivity contribution in [2.45, 2.75) is 32.3 Å². The van der Waals surface area contributed by atoms with E-state index < -0.39 is 12.0 Å². The van der Waals surface area contributed by atoms with Crippen LogP contribution in [0.25, 0.3) is 16.5 Å². The minimum absolute atomic E-state index is 0.254. The SMILES string of the molecule is COc1cccc(-n2nc(C(C)(C)C)cc2NC(=O)C(O)c2ccc(OCCN3CCOCC3)c3ccccc23)c1. The van der Waals surface area contributed by atoms with E-state index in [1.54, 1.807) is 17.9 Å². The summed E-state index contributed by atoms with van der Waals surface area (Å²) in [5.74, 6) is 1.29. The van der Waals surface area contributed by atoms with Crippen LogP contribution in [0.15, 0.2) is 66.7 Å². The number of amides is 1. The van der Waals surface area contributed by atoms with E-state index in [0.717, 1.165) is 60.8 Å². The minimum atomic E-state index is -1.41. The Kier molecular flexibility index (Phi) is 8.58. The van der Waals surface area contributed by atoms with Gasteiger partial charge in [0.05, 0.1) is 31.7 Å². The maximum absolute atomic E-state index is 13.5. The fourth-order valence-electron chi connectivity index (χ4n) is 4.88. The number of carbonyl (C=O) groups excluding carboxylic acids is 1. The van der Waals surface area contributed by atoms with Crippen LogP contribution >= 0.6 is 0 Å². The number of rotatable bonds is 9. The van der Waals surface area contributed by atoms with Gasteiger partial charge in [0.15, 0.2) is 6.10 Å². The van der Waals surface area contributed by atoms with Crippen molar-refractivity contribution in [1.82, 2.24) is 14.7 Å². The zero-order valence-corrected chi connectivity index (χ0v) is 24.1. The van der Waals surface area contributed by atoms with Crippen LogP contribution in [0.2, 0.25) is 0 Å². The summed E-state index contributed by atoms with van der Waals surface area (Å²) in [6, 6.07) is 20.5. The number of methoxy groups -OCH3 is 1. The Labute approximate surface area is 240 Å². The van der Waals surface area contributed by atoms with Crippen molar-refractivity contribution in [2.24, 2.45) is 0 Å². The molecule has 4 aromatic rings. The van der Waals surface area contributed by atoms with E-state index in [0.29, 0.717) is 23.7 Å². The maximum Gasteiger partial charge on any atom is 0.259 e. The Morgan fingerprint density at radius 2 is 1.80 bits per heavy atom. The van der Waals surface area contributed by atoms with E-state index in [1.165, 1.54) is 0 Å². The van der Waals surface area contributed by atoms with Gasteiger partial charge in [-0.1, -0.05) is 57.2 Å². The number of nitrogens with zero attached hydrogens (tertiary/aromatic N) is 3. The highest BCUT2D eigenvalue weighted by Gasteiger charge is 2.25. The molecule has 1 amide bonds. The number of aromatic nitrogens is 2. The fourth-order valence-corrected chi connectivity index (χ4v) is 4.88. The molecule has 9 nitrogen and oxygen atoms in total. The summed E-state index contributed by atoms with van der Waals surface area (Å²) in [5.41, 5.74) is 1.78. The molecule has 3 aromatic carbocycles. The first-order valence-electron chi connectivity index (χ1n) is 13.9. The van der Waals surface area contributed by atoms with Crippen molar-refractivity contribution in [1.29, 1.82) is 0 Å². The monoisotopic (exact) mass is 558 g/mol. The number of carbonyl (C=O) groups is 1. The third kappa shape index (κ3) is 6.53. The largest absolute Gasteiger partial charge is 0.497 e. The van der Waals surface area contributed by atoms with Gasteiger partial charge < -0.3 is 24.6 Å². The van der Waals surface area contributed by atoms with Crippen molar-refractivity contribution in [3.63, 3.8) is 0 Å². The molecule has 2 N–H and O–H groups in total. The molecule has 2 heterocycles. The summed E-state index contributed by atoms with van der Waals surface area (Å²) < 4.78 is 18.6. The van der Waals surface area contributed by atoms with Crippen molar-refractivity contribution in [3.8, 4) is 17.2 Å². The molecular weight excluding hydrogens is 520 g/mol. The van der Waals surface area contributed by atoms with Gasteiger partial charge in [-0.3, -0.25) is 9.69 Å². The Hall–Kier alpha value is -3.92. The number of fused-ring (bicyclic) bond motifs is 1. The zero-order valence-electron chi connectivity index (χ0n) is 24.1. The number of nitrogens with one attached hydrogen (secondary N) is 1. The van der Waals surface area contributed by atoms with Crippen LogP contribution < -0.4 is 14.8 Å². The molecule has 0 spiro atoms. The minimum Gasteiger partial charge on any atom is -0.497 e. The third-order valence-corrected chi connectivity index (χ3v) is 7.26. The maximum atomic E-state index is 13.5. The molecule has 9 heteroatoms.